The van der Waals surface area contributed by atoms with Gasteiger partial charge in [-0.05, 0) is 31.2 Å². The molecule has 5 nitrogen and oxygen atoms in total. The summed E-state index contributed by atoms with van der Waals surface area (Å²) in [5.74, 6) is 0.402. The second kappa shape index (κ2) is 6.25. The molecule has 1 aromatic carbocycles. The van der Waals surface area contributed by atoms with Crippen molar-refractivity contribution in [1.29, 1.82) is 5.26 Å². The largest absolute Gasteiger partial charge is 0.369 e. The molecule has 1 aliphatic heterocycles. The van der Waals surface area contributed by atoms with Crippen LogP contribution >= 0.6 is 0 Å². The average molecular weight is 293 g/mol. The van der Waals surface area contributed by atoms with Gasteiger partial charge in [-0.15, -0.1) is 0 Å². The molecule has 1 saturated heterocycles. The van der Waals surface area contributed by atoms with Crippen LogP contribution in [0.2, 0.25) is 0 Å². The van der Waals surface area contributed by atoms with Gasteiger partial charge >= 0.3 is 0 Å². The van der Waals surface area contributed by atoms with Gasteiger partial charge in [-0.3, -0.25) is 0 Å². The van der Waals surface area contributed by atoms with Gasteiger partial charge in [0.15, 0.2) is 9.84 Å². The van der Waals surface area contributed by atoms with Gasteiger partial charge in [0.25, 0.3) is 0 Å². The summed E-state index contributed by atoms with van der Waals surface area (Å²) < 4.78 is 23.3. The second-order valence-electron chi connectivity index (χ2n) is 4.99. The molecule has 0 saturated carbocycles. The van der Waals surface area contributed by atoms with Gasteiger partial charge in [-0.1, -0.05) is 6.07 Å². The molecule has 0 aromatic heterocycles. The summed E-state index contributed by atoms with van der Waals surface area (Å²) in [4.78, 5) is 2.01. The standard InChI is InChI=1S/C14H19N3O2S/c1-16-11-12-3-4-14(13(9-12)10-15)17-5-2-7-20(18,19)8-6-17/h3-4,9,16H,2,5-8,11H2,1H3. The normalized spacial score (nSPS) is 18.3. The molecule has 1 fully saturated rings. The number of hydrogen-bond acceptors (Lipinski definition) is 5. The first kappa shape index (κ1) is 14.8. The molecule has 1 heterocycles. The lowest BCUT2D eigenvalue weighted by atomic mass is 10.1. The molecule has 0 bridgehead atoms. The van der Waals surface area contributed by atoms with Crippen molar-refractivity contribution < 1.29 is 8.42 Å². The summed E-state index contributed by atoms with van der Waals surface area (Å²) in [7, 11) is -1.07. The van der Waals surface area contributed by atoms with E-state index in [1.54, 1.807) is 0 Å². The Balaban J connectivity index is 2.26. The monoisotopic (exact) mass is 293 g/mol. The number of rotatable bonds is 3. The van der Waals surface area contributed by atoms with E-state index in [4.69, 9.17) is 0 Å². The Morgan fingerprint density at radius 2 is 2.15 bits per heavy atom. The van der Waals surface area contributed by atoms with Crippen molar-refractivity contribution in [3.8, 4) is 6.07 Å². The Hall–Kier alpha value is -1.58. The summed E-state index contributed by atoms with van der Waals surface area (Å²) in [6.45, 7) is 1.85. The van der Waals surface area contributed by atoms with E-state index in [-0.39, 0.29) is 11.5 Å². The Morgan fingerprint density at radius 1 is 1.35 bits per heavy atom. The lowest BCUT2D eigenvalue weighted by Gasteiger charge is -2.23. The summed E-state index contributed by atoms with van der Waals surface area (Å²) in [5.41, 5.74) is 2.50. The van der Waals surface area contributed by atoms with Crippen LogP contribution in [0.3, 0.4) is 0 Å². The fourth-order valence-electron chi connectivity index (χ4n) is 2.44. The lowest BCUT2D eigenvalue weighted by Crippen LogP contribution is -2.27. The molecular weight excluding hydrogens is 274 g/mol. The van der Waals surface area contributed by atoms with Crippen molar-refractivity contribution in [2.24, 2.45) is 0 Å². The molecule has 20 heavy (non-hydrogen) atoms. The first-order valence-corrected chi connectivity index (χ1v) is 8.51. The maximum atomic E-state index is 11.6. The Morgan fingerprint density at radius 3 is 2.85 bits per heavy atom. The highest BCUT2D eigenvalue weighted by Gasteiger charge is 2.21. The quantitative estimate of drug-likeness (QED) is 0.896. The molecule has 6 heteroatoms. The summed E-state index contributed by atoms with van der Waals surface area (Å²) in [6.07, 6.45) is 0.617. The molecule has 0 atom stereocenters. The molecule has 2 rings (SSSR count). The average Bonchev–Trinajstić information content (AvgIpc) is 2.60. The Kier molecular flexibility index (Phi) is 4.63. The zero-order valence-corrected chi connectivity index (χ0v) is 12.4. The first-order valence-electron chi connectivity index (χ1n) is 6.69. The van der Waals surface area contributed by atoms with Crippen molar-refractivity contribution in [1.82, 2.24) is 5.32 Å². The predicted octanol–water partition coefficient (Wildman–Crippen LogP) is 0.903. The summed E-state index contributed by atoms with van der Waals surface area (Å²) >= 11 is 0. The van der Waals surface area contributed by atoms with Crippen LogP contribution < -0.4 is 10.2 Å². The van der Waals surface area contributed by atoms with Gasteiger partial charge in [0, 0.05) is 19.6 Å². The van der Waals surface area contributed by atoms with Gasteiger partial charge in [-0.25, -0.2) is 8.42 Å². The van der Waals surface area contributed by atoms with Crippen molar-refractivity contribution in [2.45, 2.75) is 13.0 Å². The van der Waals surface area contributed by atoms with E-state index in [1.165, 1.54) is 0 Å². The minimum atomic E-state index is -2.93. The Bertz CT molecular complexity index is 620. The maximum Gasteiger partial charge on any atom is 0.152 e. The minimum Gasteiger partial charge on any atom is -0.369 e. The highest BCUT2D eigenvalue weighted by Crippen LogP contribution is 2.23. The number of benzene rings is 1. The van der Waals surface area contributed by atoms with Crippen LogP contribution in [0.1, 0.15) is 17.5 Å². The molecular formula is C14H19N3O2S. The summed E-state index contributed by atoms with van der Waals surface area (Å²) in [6, 6.07) is 7.98. The number of nitrogens with one attached hydrogen (secondary N) is 1. The molecule has 0 aliphatic carbocycles. The van der Waals surface area contributed by atoms with E-state index in [2.05, 4.69) is 11.4 Å². The van der Waals surface area contributed by atoms with E-state index in [0.29, 0.717) is 31.6 Å². The molecule has 1 N–H and O–H groups in total. The van der Waals surface area contributed by atoms with Gasteiger partial charge in [-0.2, -0.15) is 5.26 Å². The van der Waals surface area contributed by atoms with Gasteiger partial charge in [0.05, 0.1) is 22.8 Å². The molecule has 0 amide bonds. The SMILES string of the molecule is CNCc1ccc(N2CCCS(=O)(=O)CC2)c(C#N)c1. The zero-order chi connectivity index (χ0) is 14.6. The van der Waals surface area contributed by atoms with Crippen molar-refractivity contribution in [3.63, 3.8) is 0 Å². The third kappa shape index (κ3) is 3.50. The van der Waals surface area contributed by atoms with Crippen LogP contribution in [0, 0.1) is 11.3 Å². The van der Waals surface area contributed by atoms with E-state index >= 15 is 0 Å². The smallest absolute Gasteiger partial charge is 0.152 e. The fraction of sp³-hybridized carbons (Fsp3) is 0.500. The van der Waals surface area contributed by atoms with E-state index < -0.39 is 9.84 Å². The number of sulfone groups is 1. The molecule has 1 aromatic rings. The second-order valence-corrected chi connectivity index (χ2v) is 7.29. The third-order valence-electron chi connectivity index (χ3n) is 3.46. The highest BCUT2D eigenvalue weighted by atomic mass is 32.2. The van der Waals surface area contributed by atoms with Crippen molar-refractivity contribution in [3.05, 3.63) is 29.3 Å². The number of nitriles is 1. The lowest BCUT2D eigenvalue weighted by molar-refractivity contribution is 0.597. The topological polar surface area (TPSA) is 73.2 Å². The van der Waals surface area contributed by atoms with Gasteiger partial charge in [0.2, 0.25) is 0 Å². The third-order valence-corrected chi connectivity index (χ3v) is 5.17. The van der Waals surface area contributed by atoms with Gasteiger partial charge in [0.1, 0.15) is 6.07 Å². The van der Waals surface area contributed by atoms with Gasteiger partial charge < -0.3 is 10.2 Å². The predicted molar refractivity (Wildman–Crippen MR) is 79.4 cm³/mol. The van der Waals surface area contributed by atoms with Crippen LogP contribution in [0.5, 0.6) is 0 Å². The van der Waals surface area contributed by atoms with Crippen LogP contribution in [0.15, 0.2) is 18.2 Å². The highest BCUT2D eigenvalue weighted by molar-refractivity contribution is 7.91. The summed E-state index contributed by atoms with van der Waals surface area (Å²) in [5, 5.41) is 12.4. The van der Waals surface area contributed by atoms with E-state index in [1.807, 2.05) is 30.1 Å². The molecule has 0 spiro atoms. The van der Waals surface area contributed by atoms with E-state index in [0.717, 1.165) is 11.3 Å². The van der Waals surface area contributed by atoms with Crippen LogP contribution in [-0.2, 0) is 16.4 Å². The number of anilines is 1. The van der Waals surface area contributed by atoms with Crippen molar-refractivity contribution in [2.75, 3.05) is 36.5 Å². The minimum absolute atomic E-state index is 0.163. The van der Waals surface area contributed by atoms with Crippen LogP contribution in [0.4, 0.5) is 5.69 Å². The Labute approximate surface area is 120 Å². The number of nitrogens with zero attached hydrogens (tertiary/aromatic N) is 2. The molecule has 108 valence electrons. The number of hydrogen-bond donors (Lipinski definition) is 1. The molecule has 1 aliphatic rings. The molecule has 0 radical (unpaired) electrons. The van der Waals surface area contributed by atoms with Crippen LogP contribution in [0.25, 0.3) is 0 Å². The fourth-order valence-corrected chi connectivity index (χ4v) is 3.71. The van der Waals surface area contributed by atoms with Crippen LogP contribution in [-0.4, -0.2) is 40.1 Å². The molecule has 0 unspecified atom stereocenters. The van der Waals surface area contributed by atoms with Crippen molar-refractivity contribution >= 4 is 15.5 Å². The zero-order valence-electron chi connectivity index (χ0n) is 11.6. The van der Waals surface area contributed by atoms with E-state index in [9.17, 15) is 13.7 Å². The first-order chi connectivity index (χ1) is 9.55. The maximum absolute atomic E-state index is 11.6.